The fraction of sp³-hybridized carbons (Fsp3) is 0.900. The Morgan fingerprint density at radius 2 is 1.79 bits per heavy atom. The molecule has 0 bridgehead atoms. The summed E-state index contributed by atoms with van der Waals surface area (Å²) in [5.41, 5.74) is -0.362. The summed E-state index contributed by atoms with van der Waals surface area (Å²) >= 11 is 0. The number of aliphatic hydroxyl groups is 1. The van der Waals surface area contributed by atoms with E-state index in [1.807, 2.05) is 0 Å². The van der Waals surface area contributed by atoms with Crippen molar-refractivity contribution < 1.29 is 14.6 Å². The highest BCUT2D eigenvalue weighted by atomic mass is 16.5. The smallest absolute Gasteiger partial charge is 0.338 e. The summed E-state index contributed by atoms with van der Waals surface area (Å²) in [6, 6.07) is 0. The second kappa shape index (κ2) is 8.38. The van der Waals surface area contributed by atoms with E-state index in [0.29, 0.717) is 23.7 Å². The van der Waals surface area contributed by atoms with Gasteiger partial charge < -0.3 is 9.84 Å². The molecule has 0 amide bonds. The summed E-state index contributed by atoms with van der Waals surface area (Å²) in [6.07, 6.45) is 13.4. The van der Waals surface area contributed by atoms with E-state index in [-0.39, 0.29) is 5.41 Å². The minimum Gasteiger partial charge on any atom is -0.467 e. The summed E-state index contributed by atoms with van der Waals surface area (Å²) in [5.74, 6) is 4.03. The van der Waals surface area contributed by atoms with Gasteiger partial charge in [-0.05, 0) is 84.9 Å². The molecular weight excluding hydrogens is 408 g/mol. The number of methoxy groups -OCH3 is 1. The Kier molecular flexibility index (Phi) is 6.42. The molecule has 0 heterocycles. The Hall–Kier alpha value is -0.830. The number of hydrogen-bond acceptors (Lipinski definition) is 3. The molecule has 8 unspecified atom stereocenters. The van der Waals surface area contributed by atoms with E-state index in [1.165, 1.54) is 57.6 Å². The van der Waals surface area contributed by atoms with Crippen molar-refractivity contribution in [1.29, 1.82) is 0 Å². The van der Waals surface area contributed by atoms with Crippen LogP contribution in [-0.4, -0.2) is 23.8 Å². The SMILES string of the molecule is COC(=O)C1(O)CC2(C)C(=CCC3C2CCC2(C)C(C(C)CCCC(C)C)CCC32)C1(C)C. The second-order valence-electron chi connectivity index (χ2n) is 13.8. The summed E-state index contributed by atoms with van der Waals surface area (Å²) in [7, 11) is 1.41. The Morgan fingerprint density at radius 3 is 2.42 bits per heavy atom. The number of rotatable bonds is 6. The van der Waals surface area contributed by atoms with Crippen LogP contribution in [0.2, 0.25) is 0 Å². The number of hydrogen-bond donors (Lipinski definition) is 1. The third-order valence-corrected chi connectivity index (χ3v) is 11.5. The topological polar surface area (TPSA) is 46.5 Å². The van der Waals surface area contributed by atoms with Gasteiger partial charge in [-0.3, -0.25) is 0 Å². The van der Waals surface area contributed by atoms with Crippen LogP contribution in [0, 0.1) is 51.8 Å². The van der Waals surface area contributed by atoms with Crippen LogP contribution in [0.25, 0.3) is 0 Å². The molecule has 1 N–H and O–H groups in total. The minimum absolute atomic E-state index is 0.113. The minimum atomic E-state index is -1.43. The molecule has 8 atom stereocenters. The molecule has 188 valence electrons. The third kappa shape index (κ3) is 3.57. The predicted octanol–water partition coefficient (Wildman–Crippen LogP) is 7.18. The first-order valence-corrected chi connectivity index (χ1v) is 13.8. The standard InChI is InChI=1S/C30H50O3/c1-19(2)10-9-11-20(3)22-13-14-23-21-12-15-25-27(4,5)30(32,26(31)33-8)18-29(25,7)24(21)16-17-28(22,23)6/h15,19-24,32H,9-14,16-18H2,1-8H3. The number of esters is 1. The Balaban J connectivity index is 1.58. The van der Waals surface area contributed by atoms with Gasteiger partial charge >= 0.3 is 5.97 Å². The first kappa shape index (κ1) is 25.3. The van der Waals surface area contributed by atoms with Crippen molar-refractivity contribution in [2.24, 2.45) is 51.8 Å². The van der Waals surface area contributed by atoms with E-state index < -0.39 is 17.0 Å². The molecule has 0 spiro atoms. The van der Waals surface area contributed by atoms with E-state index in [4.69, 9.17) is 4.74 Å². The molecule has 4 aliphatic carbocycles. The molecule has 0 saturated heterocycles. The van der Waals surface area contributed by atoms with Gasteiger partial charge in [-0.1, -0.05) is 79.4 Å². The fourth-order valence-electron chi connectivity index (χ4n) is 9.79. The first-order valence-electron chi connectivity index (χ1n) is 13.8. The highest BCUT2D eigenvalue weighted by molar-refractivity contribution is 5.82. The molecule has 3 heteroatoms. The maximum absolute atomic E-state index is 12.8. The average molecular weight is 459 g/mol. The van der Waals surface area contributed by atoms with Crippen LogP contribution in [0.1, 0.15) is 106 Å². The number of fused-ring (bicyclic) bond motifs is 5. The Morgan fingerprint density at radius 1 is 1.09 bits per heavy atom. The molecular formula is C30H50O3. The van der Waals surface area contributed by atoms with E-state index in [9.17, 15) is 9.90 Å². The average Bonchev–Trinajstić information content (AvgIpc) is 3.17. The number of carbonyl (C=O) groups is 1. The maximum atomic E-state index is 12.8. The number of ether oxygens (including phenoxy) is 1. The van der Waals surface area contributed by atoms with Crippen molar-refractivity contribution in [1.82, 2.24) is 0 Å². The van der Waals surface area contributed by atoms with E-state index in [1.54, 1.807) is 0 Å². The molecule has 0 aliphatic heterocycles. The predicted molar refractivity (Wildman–Crippen MR) is 135 cm³/mol. The molecule has 33 heavy (non-hydrogen) atoms. The maximum Gasteiger partial charge on any atom is 0.338 e. The van der Waals surface area contributed by atoms with Crippen molar-refractivity contribution in [3.63, 3.8) is 0 Å². The molecule has 3 nitrogen and oxygen atoms in total. The van der Waals surface area contributed by atoms with Gasteiger partial charge in [-0.2, -0.15) is 0 Å². The van der Waals surface area contributed by atoms with Gasteiger partial charge in [0.15, 0.2) is 5.60 Å². The monoisotopic (exact) mass is 458 g/mol. The van der Waals surface area contributed by atoms with Gasteiger partial charge in [-0.25, -0.2) is 4.79 Å². The molecule has 0 aromatic rings. The molecule has 0 aromatic heterocycles. The van der Waals surface area contributed by atoms with Gasteiger partial charge in [0.1, 0.15) is 0 Å². The quantitative estimate of drug-likeness (QED) is 0.339. The van der Waals surface area contributed by atoms with Crippen molar-refractivity contribution in [3.8, 4) is 0 Å². The van der Waals surface area contributed by atoms with Crippen LogP contribution in [-0.2, 0) is 9.53 Å². The highest BCUT2D eigenvalue weighted by Crippen LogP contribution is 2.71. The number of allylic oxidation sites excluding steroid dienone is 1. The van der Waals surface area contributed by atoms with Crippen LogP contribution in [0.4, 0.5) is 0 Å². The first-order chi connectivity index (χ1) is 15.3. The Labute approximate surface area is 203 Å². The molecule has 3 saturated carbocycles. The van der Waals surface area contributed by atoms with Gasteiger partial charge in [0.05, 0.1) is 7.11 Å². The zero-order chi connectivity index (χ0) is 24.4. The van der Waals surface area contributed by atoms with Crippen LogP contribution < -0.4 is 0 Å². The highest BCUT2D eigenvalue weighted by Gasteiger charge is 2.69. The largest absolute Gasteiger partial charge is 0.467 e. The van der Waals surface area contributed by atoms with Crippen LogP contribution in [0.15, 0.2) is 11.6 Å². The summed E-state index contributed by atoms with van der Waals surface area (Å²) in [4.78, 5) is 12.8. The summed E-state index contributed by atoms with van der Waals surface area (Å²) < 4.78 is 5.12. The normalized spacial score (nSPS) is 44.6. The van der Waals surface area contributed by atoms with Crippen LogP contribution in [0.3, 0.4) is 0 Å². The van der Waals surface area contributed by atoms with Crippen molar-refractivity contribution in [2.45, 2.75) is 112 Å². The molecule has 4 aliphatic rings. The molecule has 3 fully saturated rings. The van der Waals surface area contributed by atoms with E-state index >= 15 is 0 Å². The molecule has 0 aromatic carbocycles. The molecule has 4 rings (SSSR count). The van der Waals surface area contributed by atoms with Gasteiger partial charge in [-0.15, -0.1) is 0 Å². The number of carbonyl (C=O) groups excluding carboxylic acids is 1. The second-order valence-corrected chi connectivity index (χ2v) is 13.8. The van der Waals surface area contributed by atoms with Gasteiger partial charge in [0.2, 0.25) is 0 Å². The van der Waals surface area contributed by atoms with Gasteiger partial charge in [0.25, 0.3) is 0 Å². The van der Waals surface area contributed by atoms with Crippen molar-refractivity contribution >= 4 is 5.97 Å². The fourth-order valence-corrected chi connectivity index (χ4v) is 9.79. The molecule has 0 radical (unpaired) electrons. The van der Waals surface area contributed by atoms with Crippen LogP contribution >= 0.6 is 0 Å². The van der Waals surface area contributed by atoms with Crippen molar-refractivity contribution in [3.05, 3.63) is 11.6 Å². The van der Waals surface area contributed by atoms with Crippen molar-refractivity contribution in [2.75, 3.05) is 7.11 Å². The zero-order valence-electron chi connectivity index (χ0n) is 22.7. The lowest BCUT2D eigenvalue weighted by molar-refractivity contribution is -0.172. The third-order valence-electron chi connectivity index (χ3n) is 11.5. The summed E-state index contributed by atoms with van der Waals surface area (Å²) in [6.45, 7) is 16.3. The lowest BCUT2D eigenvalue weighted by Crippen LogP contribution is -2.49. The van der Waals surface area contributed by atoms with Crippen LogP contribution in [0.5, 0.6) is 0 Å². The van der Waals surface area contributed by atoms with E-state index in [0.717, 1.165) is 30.1 Å². The lowest BCUT2D eigenvalue weighted by Gasteiger charge is -2.56. The lowest BCUT2D eigenvalue weighted by atomic mass is 9.48. The van der Waals surface area contributed by atoms with E-state index in [2.05, 4.69) is 54.5 Å². The summed E-state index contributed by atoms with van der Waals surface area (Å²) in [5, 5.41) is 11.6. The zero-order valence-corrected chi connectivity index (χ0v) is 22.7. The Bertz CT molecular complexity index is 796. The van der Waals surface area contributed by atoms with Gasteiger partial charge in [0, 0.05) is 5.41 Å².